The fourth-order valence-electron chi connectivity index (χ4n) is 3.47. The lowest BCUT2D eigenvalue weighted by Gasteiger charge is -2.19. The molecule has 0 fully saturated rings. The molecule has 0 aliphatic rings. The van der Waals surface area contributed by atoms with Crippen molar-refractivity contribution in [3.05, 3.63) is 65.4 Å². The predicted octanol–water partition coefficient (Wildman–Crippen LogP) is 7.46. The van der Waals surface area contributed by atoms with Gasteiger partial charge in [0.25, 0.3) is 0 Å². The Morgan fingerprint density at radius 3 is 1.84 bits per heavy atom. The number of allylic oxidation sites excluding steroid dienone is 4. The number of hydrogen-bond acceptors (Lipinski definition) is 1. The van der Waals surface area contributed by atoms with Crippen LogP contribution in [0.15, 0.2) is 48.7 Å². The molecule has 0 amide bonds. The van der Waals surface area contributed by atoms with Gasteiger partial charge in [-0.1, -0.05) is 64.1 Å². The second-order valence-electron chi connectivity index (χ2n) is 6.38. The van der Waals surface area contributed by atoms with Crippen LogP contribution < -0.4 is 0 Å². The van der Waals surface area contributed by atoms with Gasteiger partial charge in [0.05, 0.1) is 5.69 Å². The molecule has 132 valence electrons. The van der Waals surface area contributed by atoms with Crippen LogP contribution in [0.3, 0.4) is 0 Å². The quantitative estimate of drug-likeness (QED) is 0.512. The SMILES string of the molecule is CC/C=C(\CC)c1cccc(/C(=C/CC)CC)c1-c1ncccc1C. The fraction of sp³-hybridized carbons (Fsp3) is 0.375. The van der Waals surface area contributed by atoms with Crippen LogP contribution in [-0.4, -0.2) is 4.98 Å². The minimum atomic E-state index is 1.04. The van der Waals surface area contributed by atoms with Crippen LogP contribution in [0.4, 0.5) is 0 Å². The van der Waals surface area contributed by atoms with E-state index in [0.717, 1.165) is 31.4 Å². The van der Waals surface area contributed by atoms with Gasteiger partial charge in [-0.05, 0) is 66.5 Å². The largest absolute Gasteiger partial charge is 0.256 e. The average molecular weight is 334 g/mol. The Kier molecular flexibility index (Phi) is 7.18. The molecule has 0 aliphatic heterocycles. The molecule has 0 saturated carbocycles. The topological polar surface area (TPSA) is 12.9 Å². The highest BCUT2D eigenvalue weighted by Crippen LogP contribution is 2.38. The Morgan fingerprint density at radius 1 is 0.840 bits per heavy atom. The summed E-state index contributed by atoms with van der Waals surface area (Å²) in [7, 11) is 0. The van der Waals surface area contributed by atoms with Crippen molar-refractivity contribution in [3.63, 3.8) is 0 Å². The smallest absolute Gasteiger partial charge is 0.0743 e. The minimum Gasteiger partial charge on any atom is -0.256 e. The molecule has 0 aliphatic carbocycles. The van der Waals surface area contributed by atoms with E-state index in [-0.39, 0.29) is 0 Å². The summed E-state index contributed by atoms with van der Waals surface area (Å²) >= 11 is 0. The van der Waals surface area contributed by atoms with Gasteiger partial charge in [-0.15, -0.1) is 0 Å². The van der Waals surface area contributed by atoms with E-state index in [1.165, 1.54) is 33.4 Å². The summed E-state index contributed by atoms with van der Waals surface area (Å²) in [4.78, 5) is 4.77. The van der Waals surface area contributed by atoms with Crippen LogP contribution in [0.1, 0.15) is 70.1 Å². The molecule has 0 saturated heterocycles. The van der Waals surface area contributed by atoms with Crippen LogP contribution in [0, 0.1) is 6.92 Å². The number of benzene rings is 1. The first-order valence-electron chi connectivity index (χ1n) is 9.61. The van der Waals surface area contributed by atoms with Gasteiger partial charge in [-0.25, -0.2) is 0 Å². The van der Waals surface area contributed by atoms with Crippen molar-refractivity contribution in [1.29, 1.82) is 0 Å². The van der Waals surface area contributed by atoms with E-state index in [1.54, 1.807) is 0 Å². The highest BCUT2D eigenvalue weighted by Gasteiger charge is 2.17. The molecule has 2 rings (SSSR count). The molecule has 1 nitrogen and oxygen atoms in total. The van der Waals surface area contributed by atoms with Crippen molar-refractivity contribution in [2.24, 2.45) is 0 Å². The zero-order valence-corrected chi connectivity index (χ0v) is 16.4. The van der Waals surface area contributed by atoms with Crippen LogP contribution >= 0.6 is 0 Å². The molecule has 2 aromatic rings. The highest BCUT2D eigenvalue weighted by molar-refractivity contribution is 5.89. The van der Waals surface area contributed by atoms with E-state index in [1.807, 2.05) is 12.3 Å². The van der Waals surface area contributed by atoms with Gasteiger partial charge in [0.2, 0.25) is 0 Å². The van der Waals surface area contributed by atoms with Gasteiger partial charge in [0.15, 0.2) is 0 Å². The lowest BCUT2D eigenvalue weighted by atomic mass is 9.86. The van der Waals surface area contributed by atoms with Crippen molar-refractivity contribution < 1.29 is 0 Å². The summed E-state index contributed by atoms with van der Waals surface area (Å²) in [5, 5.41) is 0. The van der Waals surface area contributed by atoms with Gasteiger partial charge in [-0.3, -0.25) is 4.98 Å². The molecule has 0 unspecified atom stereocenters. The summed E-state index contributed by atoms with van der Waals surface area (Å²) in [6, 6.07) is 10.9. The molecule has 1 heteroatoms. The molecular formula is C24H31N. The van der Waals surface area contributed by atoms with E-state index in [9.17, 15) is 0 Å². The first-order chi connectivity index (χ1) is 12.2. The monoisotopic (exact) mass is 333 g/mol. The third-order valence-electron chi connectivity index (χ3n) is 4.67. The van der Waals surface area contributed by atoms with Crippen molar-refractivity contribution in [3.8, 4) is 11.3 Å². The first-order valence-corrected chi connectivity index (χ1v) is 9.61. The fourth-order valence-corrected chi connectivity index (χ4v) is 3.47. The van der Waals surface area contributed by atoms with Crippen molar-refractivity contribution in [2.45, 2.75) is 60.3 Å². The Hall–Kier alpha value is -2.15. The summed E-state index contributed by atoms with van der Waals surface area (Å²) in [6.45, 7) is 11.1. The molecule has 0 N–H and O–H groups in total. The third-order valence-corrected chi connectivity index (χ3v) is 4.67. The zero-order chi connectivity index (χ0) is 18.2. The molecule has 25 heavy (non-hydrogen) atoms. The van der Waals surface area contributed by atoms with Crippen molar-refractivity contribution in [2.75, 3.05) is 0 Å². The summed E-state index contributed by atoms with van der Waals surface area (Å²) < 4.78 is 0. The standard InChI is InChI=1S/C24H31N/c1-6-12-19(8-3)21-15-10-16-22(20(9-4)13-7-2)23(21)24-18(5)14-11-17-25-24/h10-17H,6-9H2,1-5H3/b19-12+,20-13+. The maximum atomic E-state index is 4.77. The summed E-state index contributed by atoms with van der Waals surface area (Å²) in [5.74, 6) is 0. The molecule has 0 radical (unpaired) electrons. The maximum Gasteiger partial charge on any atom is 0.0743 e. The molecule has 0 bridgehead atoms. The number of pyridine rings is 1. The Morgan fingerprint density at radius 2 is 1.40 bits per heavy atom. The van der Waals surface area contributed by atoms with E-state index in [2.05, 4.69) is 71.0 Å². The number of hydrogen-bond donors (Lipinski definition) is 0. The van der Waals surface area contributed by atoms with Crippen LogP contribution in [0.2, 0.25) is 0 Å². The molecule has 1 heterocycles. The summed E-state index contributed by atoms with van der Waals surface area (Å²) in [6.07, 6.45) is 10.8. The third kappa shape index (κ3) is 4.28. The van der Waals surface area contributed by atoms with Crippen molar-refractivity contribution >= 4 is 11.1 Å². The van der Waals surface area contributed by atoms with Gasteiger partial charge >= 0.3 is 0 Å². The molecule has 1 aromatic heterocycles. The number of nitrogens with zero attached hydrogens (tertiary/aromatic N) is 1. The second kappa shape index (κ2) is 9.36. The average Bonchev–Trinajstić information content (AvgIpc) is 2.64. The van der Waals surface area contributed by atoms with Gasteiger partial charge in [0, 0.05) is 11.8 Å². The Balaban J connectivity index is 2.85. The van der Waals surface area contributed by atoms with Gasteiger partial charge in [0.1, 0.15) is 0 Å². The number of aromatic nitrogens is 1. The first kappa shape index (κ1) is 19.2. The zero-order valence-electron chi connectivity index (χ0n) is 16.4. The number of rotatable bonds is 7. The Bertz CT molecular complexity index is 725. The van der Waals surface area contributed by atoms with Crippen LogP contribution in [0.5, 0.6) is 0 Å². The lowest BCUT2D eigenvalue weighted by molar-refractivity contribution is 1.15. The molecule has 0 atom stereocenters. The number of aryl methyl sites for hydroxylation is 1. The molecule has 0 spiro atoms. The van der Waals surface area contributed by atoms with E-state index in [4.69, 9.17) is 4.98 Å². The van der Waals surface area contributed by atoms with E-state index >= 15 is 0 Å². The van der Waals surface area contributed by atoms with Crippen LogP contribution in [-0.2, 0) is 0 Å². The van der Waals surface area contributed by atoms with Crippen molar-refractivity contribution in [1.82, 2.24) is 4.98 Å². The van der Waals surface area contributed by atoms with Gasteiger partial charge < -0.3 is 0 Å². The van der Waals surface area contributed by atoms with Gasteiger partial charge in [-0.2, -0.15) is 0 Å². The molecule has 1 aromatic carbocycles. The van der Waals surface area contributed by atoms with E-state index < -0.39 is 0 Å². The summed E-state index contributed by atoms with van der Waals surface area (Å²) in [5.41, 5.74) is 9.13. The second-order valence-corrected chi connectivity index (χ2v) is 6.38. The van der Waals surface area contributed by atoms with E-state index in [0.29, 0.717) is 0 Å². The Labute approximate surface area is 153 Å². The maximum absolute atomic E-state index is 4.77. The lowest BCUT2D eigenvalue weighted by Crippen LogP contribution is -1.99. The van der Waals surface area contributed by atoms with Crippen LogP contribution in [0.25, 0.3) is 22.4 Å². The molecular weight excluding hydrogens is 302 g/mol. The predicted molar refractivity (Wildman–Crippen MR) is 112 cm³/mol. The highest BCUT2D eigenvalue weighted by atomic mass is 14.7. The minimum absolute atomic E-state index is 1.04. The normalized spacial score (nSPS) is 12.5.